The molecule has 1 heterocycles. The maximum atomic E-state index is 9.30. The van der Waals surface area contributed by atoms with Crippen molar-refractivity contribution in [2.24, 2.45) is 5.10 Å². The summed E-state index contributed by atoms with van der Waals surface area (Å²) in [5.74, 6) is 0. The van der Waals surface area contributed by atoms with Gasteiger partial charge in [-0.1, -0.05) is 115 Å². The van der Waals surface area contributed by atoms with E-state index >= 15 is 0 Å². The zero-order chi connectivity index (χ0) is 30.4. The van der Waals surface area contributed by atoms with E-state index in [1.165, 1.54) is 0 Å². The Kier molecular flexibility index (Phi) is 7.76. The molecule has 0 unspecified atom stereocenters. The summed E-state index contributed by atoms with van der Waals surface area (Å²) in [6.45, 7) is 0. The molecule has 0 saturated heterocycles. The lowest BCUT2D eigenvalue weighted by Crippen LogP contribution is -2.18. The third-order valence-electron chi connectivity index (χ3n) is 7.86. The van der Waals surface area contributed by atoms with Crippen molar-refractivity contribution in [2.45, 2.75) is 0 Å². The highest BCUT2D eigenvalue weighted by atomic mass is 15.3. The van der Waals surface area contributed by atoms with Gasteiger partial charge in [0.1, 0.15) is 5.71 Å². The predicted molar refractivity (Wildman–Crippen MR) is 188 cm³/mol. The number of hydrogen-bond acceptors (Lipinski definition) is 4. The molecule has 4 nitrogen and oxygen atoms in total. The molecule has 0 amide bonds. The fraction of sp³-hybridized carbons (Fsp3) is 0. The first-order chi connectivity index (χ1) is 22.2. The molecule has 7 rings (SSSR count). The second kappa shape index (κ2) is 12.6. The molecule has 1 aromatic heterocycles. The number of rotatable bonds is 7. The largest absolute Gasteiger partial charge is 0.298 e. The number of aromatic nitrogens is 1. The van der Waals surface area contributed by atoms with Crippen molar-refractivity contribution >= 4 is 28.3 Å². The van der Waals surface area contributed by atoms with Crippen molar-refractivity contribution in [3.05, 3.63) is 181 Å². The van der Waals surface area contributed by atoms with Crippen LogP contribution >= 0.6 is 0 Å². The zero-order valence-electron chi connectivity index (χ0n) is 24.6. The van der Waals surface area contributed by atoms with Gasteiger partial charge in [-0.05, 0) is 87.0 Å². The minimum Gasteiger partial charge on any atom is -0.298 e. The van der Waals surface area contributed by atoms with Gasteiger partial charge in [-0.25, -0.2) is 0 Å². The average Bonchev–Trinajstić information content (AvgIpc) is 3.12. The first kappa shape index (κ1) is 27.7. The minimum atomic E-state index is 0.360. The van der Waals surface area contributed by atoms with Crippen molar-refractivity contribution in [1.82, 2.24) is 4.98 Å². The number of hydrogen-bond donors (Lipinski definition) is 2. The van der Waals surface area contributed by atoms with Gasteiger partial charge in [0, 0.05) is 23.5 Å². The lowest BCUT2D eigenvalue weighted by atomic mass is 9.86. The Hall–Kier alpha value is -6.13. The number of pyridine rings is 1. The molecular weight excluding hydrogens is 548 g/mol. The van der Waals surface area contributed by atoms with E-state index in [4.69, 9.17) is 5.10 Å². The van der Waals surface area contributed by atoms with Gasteiger partial charge in [0.15, 0.2) is 0 Å². The van der Waals surface area contributed by atoms with Gasteiger partial charge in [0.25, 0.3) is 0 Å². The highest BCUT2D eigenvalue weighted by molar-refractivity contribution is 6.62. The van der Waals surface area contributed by atoms with Crippen molar-refractivity contribution in [3.63, 3.8) is 0 Å². The summed E-state index contributed by atoms with van der Waals surface area (Å²) in [5.41, 5.74) is 15.4. The number of nitrogens with one attached hydrogen (secondary N) is 2. The summed E-state index contributed by atoms with van der Waals surface area (Å²) in [7, 11) is 0. The zero-order valence-corrected chi connectivity index (χ0v) is 24.6. The first-order valence-electron chi connectivity index (χ1n) is 14.9. The van der Waals surface area contributed by atoms with Crippen LogP contribution in [-0.2, 0) is 0 Å². The molecule has 1 aliphatic carbocycles. The van der Waals surface area contributed by atoms with Crippen molar-refractivity contribution in [1.29, 1.82) is 5.41 Å². The van der Waals surface area contributed by atoms with Crippen LogP contribution in [0.2, 0.25) is 0 Å². The summed E-state index contributed by atoms with van der Waals surface area (Å²) in [4.78, 5) is 4.26. The van der Waals surface area contributed by atoms with E-state index in [2.05, 4.69) is 107 Å². The molecular formula is C41H30N4. The number of hydrazone groups is 1. The van der Waals surface area contributed by atoms with E-state index in [1.54, 1.807) is 6.20 Å². The minimum absolute atomic E-state index is 0.360. The molecule has 0 atom stereocenters. The van der Waals surface area contributed by atoms with Crippen LogP contribution in [0, 0.1) is 5.41 Å². The normalized spacial score (nSPS) is 13.7. The van der Waals surface area contributed by atoms with Gasteiger partial charge in [0.05, 0.1) is 11.4 Å². The summed E-state index contributed by atoms with van der Waals surface area (Å²) in [6.07, 6.45) is 7.72. The monoisotopic (exact) mass is 578 g/mol. The molecule has 45 heavy (non-hydrogen) atoms. The third-order valence-corrected chi connectivity index (χ3v) is 7.86. The van der Waals surface area contributed by atoms with Gasteiger partial charge in [-0.3, -0.25) is 15.8 Å². The number of benzene rings is 5. The fourth-order valence-corrected chi connectivity index (χ4v) is 5.54. The SMILES string of the molecule is N=C1C(c2cccc(-c3ccccc3)c2)=CC(c2cccc(-c3ccccc3)c2)=C/C1=N/Nc1cccc(-c2cccnc2)c1. The molecule has 0 fully saturated rings. The highest BCUT2D eigenvalue weighted by Gasteiger charge is 2.21. The van der Waals surface area contributed by atoms with E-state index in [1.807, 2.05) is 66.9 Å². The Morgan fingerprint density at radius 3 is 1.71 bits per heavy atom. The Balaban J connectivity index is 1.29. The number of nitrogens with zero attached hydrogens (tertiary/aromatic N) is 2. The molecule has 5 aromatic carbocycles. The Morgan fingerprint density at radius 1 is 0.489 bits per heavy atom. The number of anilines is 1. The molecule has 2 N–H and O–H groups in total. The molecule has 0 aliphatic heterocycles. The average molecular weight is 579 g/mol. The van der Waals surface area contributed by atoms with Crippen LogP contribution in [0.25, 0.3) is 44.5 Å². The summed E-state index contributed by atoms with van der Waals surface area (Å²) >= 11 is 0. The topological polar surface area (TPSA) is 61.1 Å². The maximum absolute atomic E-state index is 9.30. The second-order valence-electron chi connectivity index (χ2n) is 10.9. The predicted octanol–water partition coefficient (Wildman–Crippen LogP) is 10.1. The van der Waals surface area contributed by atoms with Crippen molar-refractivity contribution < 1.29 is 0 Å². The van der Waals surface area contributed by atoms with Crippen LogP contribution in [0.3, 0.4) is 0 Å². The number of allylic oxidation sites excluding steroid dienone is 4. The van der Waals surface area contributed by atoms with E-state index in [9.17, 15) is 5.41 Å². The third kappa shape index (κ3) is 6.17. The maximum Gasteiger partial charge on any atom is 0.109 e. The molecule has 0 saturated carbocycles. The Labute approximate surface area is 263 Å². The molecule has 0 radical (unpaired) electrons. The van der Waals surface area contributed by atoms with Gasteiger partial charge in [-0.2, -0.15) is 5.10 Å². The smallest absolute Gasteiger partial charge is 0.109 e. The molecule has 0 bridgehead atoms. The summed E-state index contributed by atoms with van der Waals surface area (Å²) in [6, 6.07) is 49.7. The molecule has 214 valence electrons. The van der Waals surface area contributed by atoms with E-state index in [-0.39, 0.29) is 0 Å². The lowest BCUT2D eigenvalue weighted by molar-refractivity contribution is 1.32. The highest BCUT2D eigenvalue weighted by Crippen LogP contribution is 2.33. The first-order valence-corrected chi connectivity index (χ1v) is 14.9. The quantitative estimate of drug-likeness (QED) is 0.146. The van der Waals surface area contributed by atoms with Crippen LogP contribution in [0.15, 0.2) is 175 Å². The van der Waals surface area contributed by atoms with E-state index in [0.29, 0.717) is 11.4 Å². The van der Waals surface area contributed by atoms with Crippen LogP contribution in [0.1, 0.15) is 11.1 Å². The van der Waals surface area contributed by atoms with Crippen molar-refractivity contribution in [3.8, 4) is 33.4 Å². The molecule has 4 heteroatoms. The van der Waals surface area contributed by atoms with Crippen LogP contribution in [0.5, 0.6) is 0 Å². The van der Waals surface area contributed by atoms with Gasteiger partial charge >= 0.3 is 0 Å². The van der Waals surface area contributed by atoms with Crippen LogP contribution in [-0.4, -0.2) is 16.4 Å². The van der Waals surface area contributed by atoms with Crippen LogP contribution < -0.4 is 5.43 Å². The van der Waals surface area contributed by atoms with Crippen molar-refractivity contribution in [2.75, 3.05) is 5.43 Å². The van der Waals surface area contributed by atoms with Gasteiger partial charge in [0.2, 0.25) is 0 Å². The Morgan fingerprint density at radius 2 is 1.04 bits per heavy atom. The summed E-state index contributed by atoms with van der Waals surface area (Å²) < 4.78 is 0. The van der Waals surface area contributed by atoms with Crippen LogP contribution in [0.4, 0.5) is 5.69 Å². The molecule has 6 aromatic rings. The van der Waals surface area contributed by atoms with E-state index in [0.717, 1.165) is 61.3 Å². The Bertz CT molecular complexity index is 2080. The lowest BCUT2D eigenvalue weighted by Gasteiger charge is -2.19. The van der Waals surface area contributed by atoms with E-state index < -0.39 is 0 Å². The molecule has 0 spiro atoms. The second-order valence-corrected chi connectivity index (χ2v) is 10.9. The standard InChI is InChI=1S/C41H30N4/c42-41-39(35-19-8-16-32(24-35)30-13-5-2-6-14-30)26-37(33-17-7-15-31(23-33)29-11-3-1-4-12-29)27-40(41)45-44-38-21-9-18-34(25-38)36-20-10-22-43-28-36/h1-28,42,44H/b42-41?,45-40-. The molecule has 1 aliphatic rings. The fourth-order valence-electron chi connectivity index (χ4n) is 5.54. The van der Waals surface area contributed by atoms with Gasteiger partial charge in [-0.15, -0.1) is 0 Å². The van der Waals surface area contributed by atoms with Gasteiger partial charge < -0.3 is 0 Å². The summed E-state index contributed by atoms with van der Waals surface area (Å²) in [5, 5.41) is 14.1.